The number of nitrogens with zero attached hydrogens (tertiary/aromatic N) is 1. The molecule has 1 heterocycles. The summed E-state index contributed by atoms with van der Waals surface area (Å²) in [6, 6.07) is 6.81. The van der Waals surface area contributed by atoms with Gasteiger partial charge in [-0.1, -0.05) is 13.8 Å². The van der Waals surface area contributed by atoms with Crippen molar-refractivity contribution in [2.75, 3.05) is 11.9 Å². The van der Waals surface area contributed by atoms with Gasteiger partial charge in [-0.15, -0.1) is 0 Å². The Labute approximate surface area is 99.6 Å². The maximum atomic E-state index is 10.7. The molecule has 1 aliphatic rings. The number of nitriles is 1. The van der Waals surface area contributed by atoms with Crippen molar-refractivity contribution < 1.29 is 14.6 Å². The third kappa shape index (κ3) is 2.88. The van der Waals surface area contributed by atoms with E-state index in [1.165, 1.54) is 0 Å². The molecule has 17 heavy (non-hydrogen) atoms. The van der Waals surface area contributed by atoms with Crippen molar-refractivity contribution in [3.63, 3.8) is 0 Å². The molecule has 0 saturated heterocycles. The van der Waals surface area contributed by atoms with Gasteiger partial charge in [0.25, 0.3) is 0 Å². The van der Waals surface area contributed by atoms with E-state index in [4.69, 9.17) is 15.1 Å². The van der Waals surface area contributed by atoms with Crippen LogP contribution in [0.4, 0.5) is 5.69 Å². The van der Waals surface area contributed by atoms with Crippen LogP contribution >= 0.6 is 0 Å². The van der Waals surface area contributed by atoms with Crippen LogP contribution in [0.5, 0.6) is 5.75 Å². The summed E-state index contributed by atoms with van der Waals surface area (Å²) in [5.74, 6) is -0.537. The fourth-order valence-corrected chi connectivity index (χ4v) is 1.38. The van der Waals surface area contributed by atoms with Crippen molar-refractivity contribution in [2.24, 2.45) is 0 Å². The van der Waals surface area contributed by atoms with Crippen LogP contribution in [0, 0.1) is 11.3 Å². The van der Waals surface area contributed by atoms with E-state index < -0.39 is 12.1 Å². The van der Waals surface area contributed by atoms with Gasteiger partial charge in [0.05, 0.1) is 23.9 Å². The molecule has 0 bridgehead atoms. The Kier molecular flexibility index (Phi) is 4.35. The molecule has 0 saturated carbocycles. The Morgan fingerprint density at radius 3 is 2.88 bits per heavy atom. The third-order valence-corrected chi connectivity index (χ3v) is 2.13. The number of carboxylic acid groups (broad SMARTS) is 1. The molecule has 0 radical (unpaired) electrons. The predicted molar refractivity (Wildman–Crippen MR) is 63.0 cm³/mol. The van der Waals surface area contributed by atoms with E-state index in [2.05, 4.69) is 5.32 Å². The normalized spacial score (nSPS) is 16.2. The molecule has 2 rings (SSSR count). The Morgan fingerprint density at radius 1 is 1.59 bits per heavy atom. The van der Waals surface area contributed by atoms with Crippen molar-refractivity contribution in [3.05, 3.63) is 23.8 Å². The van der Waals surface area contributed by atoms with Gasteiger partial charge in [0.15, 0.2) is 0 Å². The molecule has 1 atom stereocenters. The quantitative estimate of drug-likeness (QED) is 0.774. The van der Waals surface area contributed by atoms with Crippen molar-refractivity contribution in [3.8, 4) is 11.8 Å². The summed E-state index contributed by atoms with van der Waals surface area (Å²) >= 11 is 0. The van der Waals surface area contributed by atoms with Crippen LogP contribution in [0.1, 0.15) is 19.4 Å². The zero-order valence-corrected chi connectivity index (χ0v) is 9.73. The number of carbonyl (C=O) groups is 1. The lowest BCUT2D eigenvalue weighted by Crippen LogP contribution is -2.37. The molecule has 0 fully saturated rings. The monoisotopic (exact) mass is 234 g/mol. The number of benzene rings is 1. The fourth-order valence-electron chi connectivity index (χ4n) is 1.38. The van der Waals surface area contributed by atoms with Gasteiger partial charge in [-0.25, -0.2) is 4.79 Å². The minimum absolute atomic E-state index is 0.206. The first-order valence-electron chi connectivity index (χ1n) is 5.38. The van der Waals surface area contributed by atoms with E-state index in [9.17, 15) is 4.79 Å². The highest BCUT2D eigenvalue weighted by atomic mass is 16.5. The van der Waals surface area contributed by atoms with E-state index in [0.29, 0.717) is 17.0 Å². The molecule has 5 heteroatoms. The van der Waals surface area contributed by atoms with E-state index >= 15 is 0 Å². The molecular formula is C12H14N2O3. The maximum absolute atomic E-state index is 10.7. The number of hydrogen-bond donors (Lipinski definition) is 2. The Hall–Kier alpha value is -2.22. The topological polar surface area (TPSA) is 82.4 Å². The van der Waals surface area contributed by atoms with Gasteiger partial charge >= 0.3 is 5.97 Å². The molecule has 1 aliphatic heterocycles. The number of rotatable bonds is 1. The first-order valence-corrected chi connectivity index (χ1v) is 5.38. The Morgan fingerprint density at radius 2 is 2.29 bits per heavy atom. The molecular weight excluding hydrogens is 220 g/mol. The Bertz CT molecular complexity index is 452. The molecule has 1 aromatic carbocycles. The van der Waals surface area contributed by atoms with Gasteiger partial charge in [0, 0.05) is 0 Å². The number of hydrogen-bond acceptors (Lipinski definition) is 4. The van der Waals surface area contributed by atoms with Gasteiger partial charge in [-0.2, -0.15) is 5.26 Å². The van der Waals surface area contributed by atoms with Gasteiger partial charge in [-0.05, 0) is 18.2 Å². The third-order valence-electron chi connectivity index (χ3n) is 2.13. The van der Waals surface area contributed by atoms with Gasteiger partial charge < -0.3 is 15.2 Å². The molecule has 5 nitrogen and oxygen atoms in total. The molecule has 1 unspecified atom stereocenters. The minimum Gasteiger partial charge on any atom is -0.478 e. The summed E-state index contributed by atoms with van der Waals surface area (Å²) in [5.41, 5.74) is 1.17. The number of aliphatic carboxylic acids is 1. The zero-order chi connectivity index (χ0) is 12.8. The SMILES string of the molecule is CC.N#Cc1ccc2c(c1)NCC(C(=O)O)O2. The van der Waals surface area contributed by atoms with Crippen LogP contribution in [-0.2, 0) is 4.79 Å². The highest BCUT2D eigenvalue weighted by molar-refractivity contribution is 5.76. The lowest BCUT2D eigenvalue weighted by atomic mass is 10.1. The second-order valence-corrected chi connectivity index (χ2v) is 3.15. The van der Waals surface area contributed by atoms with E-state index in [-0.39, 0.29) is 6.54 Å². The van der Waals surface area contributed by atoms with Crippen LogP contribution in [0.2, 0.25) is 0 Å². The van der Waals surface area contributed by atoms with Crippen molar-refractivity contribution in [2.45, 2.75) is 20.0 Å². The second kappa shape index (κ2) is 5.75. The number of nitrogens with one attached hydrogen (secondary N) is 1. The standard InChI is InChI=1S/C10H8N2O3.C2H6/c11-4-6-1-2-8-7(3-6)12-5-9(15-8)10(13)14;1-2/h1-3,9,12H,5H2,(H,13,14);1-2H3. The zero-order valence-electron chi connectivity index (χ0n) is 9.73. The van der Waals surface area contributed by atoms with Crippen LogP contribution in [0.15, 0.2) is 18.2 Å². The van der Waals surface area contributed by atoms with Crippen LogP contribution < -0.4 is 10.1 Å². The van der Waals surface area contributed by atoms with Crippen molar-refractivity contribution in [1.82, 2.24) is 0 Å². The molecule has 0 spiro atoms. The molecule has 0 aliphatic carbocycles. The van der Waals surface area contributed by atoms with Crippen LogP contribution in [-0.4, -0.2) is 23.7 Å². The highest BCUT2D eigenvalue weighted by Crippen LogP contribution is 2.29. The van der Waals surface area contributed by atoms with E-state index in [0.717, 1.165) is 0 Å². The van der Waals surface area contributed by atoms with Crippen molar-refractivity contribution in [1.29, 1.82) is 5.26 Å². The minimum atomic E-state index is -1.00. The lowest BCUT2D eigenvalue weighted by Gasteiger charge is -2.24. The summed E-state index contributed by atoms with van der Waals surface area (Å²) in [7, 11) is 0. The second-order valence-electron chi connectivity index (χ2n) is 3.15. The Balaban J connectivity index is 0.000000686. The molecule has 2 N–H and O–H groups in total. The summed E-state index contributed by atoms with van der Waals surface area (Å²) in [6.45, 7) is 4.21. The summed E-state index contributed by atoms with van der Waals surface area (Å²) in [6.07, 6.45) is -0.870. The number of fused-ring (bicyclic) bond motifs is 1. The molecule has 1 aromatic rings. The van der Waals surface area contributed by atoms with Gasteiger partial charge in [0.2, 0.25) is 6.10 Å². The van der Waals surface area contributed by atoms with Gasteiger partial charge in [-0.3, -0.25) is 0 Å². The molecule has 90 valence electrons. The highest BCUT2D eigenvalue weighted by Gasteiger charge is 2.25. The molecule has 0 amide bonds. The van der Waals surface area contributed by atoms with Gasteiger partial charge in [0.1, 0.15) is 5.75 Å². The number of carboxylic acids is 1. The first-order chi connectivity index (χ1) is 8.20. The molecule has 0 aromatic heterocycles. The van der Waals surface area contributed by atoms with Crippen LogP contribution in [0.3, 0.4) is 0 Å². The summed E-state index contributed by atoms with van der Waals surface area (Å²) in [4.78, 5) is 10.7. The fraction of sp³-hybridized carbons (Fsp3) is 0.333. The van der Waals surface area contributed by atoms with Crippen LogP contribution in [0.25, 0.3) is 0 Å². The largest absolute Gasteiger partial charge is 0.478 e. The summed E-state index contributed by atoms with van der Waals surface area (Å²) in [5, 5.41) is 20.3. The van der Waals surface area contributed by atoms with E-state index in [1.807, 2.05) is 19.9 Å². The number of ether oxygens (including phenoxy) is 1. The predicted octanol–water partition coefficient (Wildman–Crippen LogP) is 1.84. The number of anilines is 1. The average molecular weight is 234 g/mol. The maximum Gasteiger partial charge on any atom is 0.346 e. The lowest BCUT2D eigenvalue weighted by molar-refractivity contribution is -0.144. The van der Waals surface area contributed by atoms with Crippen molar-refractivity contribution >= 4 is 11.7 Å². The summed E-state index contributed by atoms with van der Waals surface area (Å²) < 4.78 is 5.22. The first kappa shape index (κ1) is 12.8. The average Bonchev–Trinajstić information content (AvgIpc) is 2.39. The smallest absolute Gasteiger partial charge is 0.346 e. The van der Waals surface area contributed by atoms with E-state index in [1.54, 1.807) is 18.2 Å².